The number of alkyl halides is 3. The number of nitrogens with one attached hydrogen (secondary N) is 1. The van der Waals surface area contributed by atoms with Gasteiger partial charge < -0.3 is 5.32 Å². The Labute approximate surface area is 165 Å². The fourth-order valence-electron chi connectivity index (χ4n) is 3.15. The molecule has 29 heavy (non-hydrogen) atoms. The van der Waals surface area contributed by atoms with E-state index in [9.17, 15) is 30.8 Å². The van der Waals surface area contributed by atoms with Crippen LogP contribution in [-0.4, -0.2) is 31.2 Å². The summed E-state index contributed by atoms with van der Waals surface area (Å²) in [6.45, 7) is 0.121. The number of sulfonamides is 1. The molecule has 0 saturated carbocycles. The Morgan fingerprint density at radius 2 is 1.69 bits per heavy atom. The number of halogens is 4. The van der Waals surface area contributed by atoms with E-state index in [1.54, 1.807) is 0 Å². The van der Waals surface area contributed by atoms with Crippen molar-refractivity contribution in [1.82, 2.24) is 9.62 Å². The van der Waals surface area contributed by atoms with Gasteiger partial charge in [-0.25, -0.2) is 12.8 Å². The normalized spacial score (nSPS) is 18.0. The highest BCUT2D eigenvalue weighted by Crippen LogP contribution is 2.29. The van der Waals surface area contributed by atoms with Gasteiger partial charge in [-0.1, -0.05) is 12.1 Å². The summed E-state index contributed by atoms with van der Waals surface area (Å²) >= 11 is 0. The number of amides is 1. The topological polar surface area (TPSA) is 66.5 Å². The smallest absolute Gasteiger partial charge is 0.351 e. The van der Waals surface area contributed by atoms with Gasteiger partial charge in [0.05, 0.1) is 10.5 Å². The monoisotopic (exact) mass is 430 g/mol. The Kier molecular flexibility index (Phi) is 5.95. The second kappa shape index (κ2) is 8.11. The number of carbonyl (C=O) groups is 1. The van der Waals surface area contributed by atoms with Gasteiger partial charge in [0.25, 0.3) is 0 Å². The van der Waals surface area contributed by atoms with Crippen LogP contribution in [0.25, 0.3) is 0 Å². The molecule has 1 unspecified atom stereocenters. The molecule has 1 aliphatic rings. The van der Waals surface area contributed by atoms with Crippen LogP contribution >= 0.6 is 0 Å². The molecular weight excluding hydrogens is 412 g/mol. The summed E-state index contributed by atoms with van der Waals surface area (Å²) in [6, 6.07) is 7.76. The predicted molar refractivity (Wildman–Crippen MR) is 96.6 cm³/mol. The average Bonchev–Trinajstić information content (AvgIpc) is 3.17. The molecule has 0 radical (unpaired) electrons. The second-order valence-electron chi connectivity index (χ2n) is 6.64. The molecule has 156 valence electrons. The van der Waals surface area contributed by atoms with Gasteiger partial charge in [-0.3, -0.25) is 4.79 Å². The standard InChI is InChI=1S/C19H18F4N2O3S/c20-15-7-9-16(10-8-15)29(27,28)25-11-1-2-17(25)18(26)24-12-13-3-5-14(6-4-13)19(21,22)23/h3-10,17H,1-2,11-12H2,(H,24,26). The van der Waals surface area contributed by atoms with Gasteiger partial charge in [-0.15, -0.1) is 0 Å². The summed E-state index contributed by atoms with van der Waals surface area (Å²) in [5.74, 6) is -1.11. The van der Waals surface area contributed by atoms with Gasteiger partial charge >= 0.3 is 6.18 Å². The minimum atomic E-state index is -4.44. The summed E-state index contributed by atoms with van der Waals surface area (Å²) in [5, 5.41) is 2.58. The SMILES string of the molecule is O=C(NCc1ccc(C(F)(F)F)cc1)C1CCCN1S(=O)(=O)c1ccc(F)cc1. The molecule has 1 N–H and O–H groups in total. The number of carbonyl (C=O) groups excluding carboxylic acids is 1. The summed E-state index contributed by atoms with van der Waals surface area (Å²) in [5.41, 5.74) is -0.336. The molecule has 2 aromatic rings. The number of nitrogens with zero attached hydrogens (tertiary/aromatic N) is 1. The van der Waals surface area contributed by atoms with E-state index in [4.69, 9.17) is 0 Å². The Bertz CT molecular complexity index is 974. The van der Waals surface area contributed by atoms with Crippen LogP contribution in [0.5, 0.6) is 0 Å². The largest absolute Gasteiger partial charge is 0.416 e. The average molecular weight is 430 g/mol. The van der Waals surface area contributed by atoms with Crippen LogP contribution in [-0.2, 0) is 27.5 Å². The molecule has 5 nitrogen and oxygen atoms in total. The number of benzene rings is 2. The molecular formula is C19H18F4N2O3S. The van der Waals surface area contributed by atoms with Crippen LogP contribution in [0.15, 0.2) is 53.4 Å². The zero-order chi connectivity index (χ0) is 21.2. The van der Waals surface area contributed by atoms with Crippen molar-refractivity contribution in [2.45, 2.75) is 36.5 Å². The van der Waals surface area contributed by atoms with Gasteiger partial charge in [-0.2, -0.15) is 17.5 Å². The maximum Gasteiger partial charge on any atom is 0.416 e. The zero-order valence-electron chi connectivity index (χ0n) is 15.1. The minimum Gasteiger partial charge on any atom is -0.351 e. The third-order valence-electron chi connectivity index (χ3n) is 4.67. The summed E-state index contributed by atoms with van der Waals surface area (Å²) in [7, 11) is -3.97. The quantitative estimate of drug-likeness (QED) is 0.741. The van der Waals surface area contributed by atoms with E-state index in [0.29, 0.717) is 18.4 Å². The molecule has 1 heterocycles. The maximum absolute atomic E-state index is 13.1. The van der Waals surface area contributed by atoms with Crippen molar-refractivity contribution in [3.05, 3.63) is 65.5 Å². The first-order chi connectivity index (χ1) is 13.6. The van der Waals surface area contributed by atoms with Crippen LogP contribution in [0.2, 0.25) is 0 Å². The fourth-order valence-corrected chi connectivity index (χ4v) is 4.81. The molecule has 10 heteroatoms. The van der Waals surface area contributed by atoms with E-state index >= 15 is 0 Å². The lowest BCUT2D eigenvalue weighted by atomic mass is 10.1. The predicted octanol–water partition coefficient (Wildman–Crippen LogP) is 3.31. The van der Waals surface area contributed by atoms with Crippen molar-refractivity contribution in [3.63, 3.8) is 0 Å². The molecule has 2 aromatic carbocycles. The molecule has 0 spiro atoms. The van der Waals surface area contributed by atoms with Crippen LogP contribution < -0.4 is 5.32 Å². The molecule has 0 aromatic heterocycles. The highest BCUT2D eigenvalue weighted by atomic mass is 32.2. The Morgan fingerprint density at radius 1 is 1.07 bits per heavy atom. The fraction of sp³-hybridized carbons (Fsp3) is 0.316. The lowest BCUT2D eigenvalue weighted by Gasteiger charge is -2.23. The first-order valence-electron chi connectivity index (χ1n) is 8.80. The van der Waals surface area contributed by atoms with Gasteiger partial charge in [0, 0.05) is 13.1 Å². The van der Waals surface area contributed by atoms with Crippen molar-refractivity contribution >= 4 is 15.9 Å². The van der Waals surface area contributed by atoms with E-state index in [-0.39, 0.29) is 18.0 Å². The molecule has 1 aliphatic heterocycles. The first kappa shape index (κ1) is 21.3. The van der Waals surface area contributed by atoms with Crippen molar-refractivity contribution in [2.75, 3.05) is 6.54 Å². The molecule has 1 saturated heterocycles. The number of hydrogen-bond donors (Lipinski definition) is 1. The maximum atomic E-state index is 13.1. The Balaban J connectivity index is 1.68. The van der Waals surface area contributed by atoms with Crippen molar-refractivity contribution < 1.29 is 30.8 Å². The third-order valence-corrected chi connectivity index (χ3v) is 6.60. The van der Waals surface area contributed by atoms with Crippen LogP contribution in [0.3, 0.4) is 0 Å². The Hall–Kier alpha value is -2.46. The summed E-state index contributed by atoms with van der Waals surface area (Å²) in [4.78, 5) is 12.4. The lowest BCUT2D eigenvalue weighted by molar-refractivity contribution is -0.137. The van der Waals surface area contributed by atoms with Crippen molar-refractivity contribution in [2.24, 2.45) is 0 Å². The van der Waals surface area contributed by atoms with Crippen molar-refractivity contribution in [1.29, 1.82) is 0 Å². The second-order valence-corrected chi connectivity index (χ2v) is 8.53. The van der Waals surface area contributed by atoms with Gasteiger partial charge in [0.2, 0.25) is 15.9 Å². The van der Waals surface area contributed by atoms with E-state index in [0.717, 1.165) is 40.7 Å². The van der Waals surface area contributed by atoms with Crippen LogP contribution in [0, 0.1) is 5.82 Å². The lowest BCUT2D eigenvalue weighted by Crippen LogP contribution is -2.45. The number of rotatable bonds is 5. The molecule has 1 atom stereocenters. The molecule has 0 bridgehead atoms. The van der Waals surface area contributed by atoms with Crippen LogP contribution in [0.1, 0.15) is 24.0 Å². The molecule has 0 aliphatic carbocycles. The number of hydrogen-bond acceptors (Lipinski definition) is 3. The third kappa shape index (κ3) is 4.76. The zero-order valence-corrected chi connectivity index (χ0v) is 15.9. The van der Waals surface area contributed by atoms with Crippen molar-refractivity contribution in [3.8, 4) is 0 Å². The van der Waals surface area contributed by atoms with Gasteiger partial charge in [0.1, 0.15) is 11.9 Å². The van der Waals surface area contributed by atoms with Gasteiger partial charge in [-0.05, 0) is 54.8 Å². The minimum absolute atomic E-state index is 0.0299. The van der Waals surface area contributed by atoms with Crippen LogP contribution in [0.4, 0.5) is 17.6 Å². The Morgan fingerprint density at radius 3 is 2.28 bits per heavy atom. The molecule has 3 rings (SSSR count). The van der Waals surface area contributed by atoms with E-state index in [1.165, 1.54) is 12.1 Å². The van der Waals surface area contributed by atoms with E-state index in [1.807, 2.05) is 0 Å². The first-order valence-corrected chi connectivity index (χ1v) is 10.2. The summed E-state index contributed by atoms with van der Waals surface area (Å²) in [6.07, 6.45) is -3.64. The summed E-state index contributed by atoms with van der Waals surface area (Å²) < 4.78 is 77.5. The van der Waals surface area contributed by atoms with E-state index in [2.05, 4.69) is 5.32 Å². The molecule has 1 fully saturated rings. The highest BCUT2D eigenvalue weighted by Gasteiger charge is 2.39. The highest BCUT2D eigenvalue weighted by molar-refractivity contribution is 7.89. The van der Waals surface area contributed by atoms with E-state index < -0.39 is 39.5 Å². The van der Waals surface area contributed by atoms with Gasteiger partial charge in [0.15, 0.2) is 0 Å². The molecule has 1 amide bonds.